The third kappa shape index (κ3) is 7.40. The zero-order valence-corrected chi connectivity index (χ0v) is 14.4. The van der Waals surface area contributed by atoms with Crippen molar-refractivity contribution in [1.29, 1.82) is 0 Å². The maximum Gasteiger partial charge on any atom is 0.408 e. The molecule has 23 heavy (non-hydrogen) atoms. The van der Waals surface area contributed by atoms with Gasteiger partial charge < -0.3 is 14.8 Å². The average molecular weight is 333 g/mol. The van der Waals surface area contributed by atoms with Crippen molar-refractivity contribution in [1.82, 2.24) is 15.1 Å². The van der Waals surface area contributed by atoms with Crippen molar-refractivity contribution in [3.8, 4) is 0 Å². The van der Waals surface area contributed by atoms with Gasteiger partial charge in [0.1, 0.15) is 5.60 Å². The third-order valence-electron chi connectivity index (χ3n) is 2.56. The molecule has 0 radical (unpaired) electrons. The fourth-order valence-electron chi connectivity index (χ4n) is 1.63. The fraction of sp³-hybridized carbons (Fsp3) is 0.733. The van der Waals surface area contributed by atoms with Crippen LogP contribution in [-0.2, 0) is 9.47 Å². The van der Waals surface area contributed by atoms with Crippen LogP contribution in [-0.4, -0.2) is 33.7 Å². The molecular weight excluding hydrogens is 308 g/mol. The van der Waals surface area contributed by atoms with Crippen LogP contribution in [0.25, 0.3) is 0 Å². The van der Waals surface area contributed by atoms with E-state index in [0.717, 1.165) is 6.20 Å². The first-order valence-electron chi connectivity index (χ1n) is 7.34. The zero-order valence-electron chi connectivity index (χ0n) is 14.4. The molecule has 0 aliphatic rings. The molecule has 1 rings (SSSR count). The maximum absolute atomic E-state index is 12.7. The molecule has 1 atom stereocenters. The smallest absolute Gasteiger partial charge is 0.408 e. The summed E-state index contributed by atoms with van der Waals surface area (Å²) in [5.41, 5.74) is -0.832. The number of halogens is 2. The lowest BCUT2D eigenvalue weighted by Gasteiger charge is -2.26. The van der Waals surface area contributed by atoms with E-state index in [9.17, 15) is 13.6 Å². The van der Waals surface area contributed by atoms with E-state index >= 15 is 0 Å². The lowest BCUT2D eigenvalue weighted by Crippen LogP contribution is -2.38. The van der Waals surface area contributed by atoms with Crippen LogP contribution in [0.4, 0.5) is 13.6 Å². The van der Waals surface area contributed by atoms with Gasteiger partial charge in [-0.3, -0.25) is 0 Å². The van der Waals surface area contributed by atoms with E-state index in [4.69, 9.17) is 9.47 Å². The number of rotatable bonds is 5. The van der Waals surface area contributed by atoms with Gasteiger partial charge in [-0.2, -0.15) is 13.9 Å². The van der Waals surface area contributed by atoms with Crippen molar-refractivity contribution in [2.75, 3.05) is 6.61 Å². The molecule has 1 aromatic rings. The fourth-order valence-corrected chi connectivity index (χ4v) is 1.63. The summed E-state index contributed by atoms with van der Waals surface area (Å²) in [6.07, 6.45) is 0.493. The number of alkyl carbamates (subject to hydrolysis) is 1. The quantitative estimate of drug-likeness (QED) is 0.893. The van der Waals surface area contributed by atoms with Crippen LogP contribution in [0, 0.1) is 0 Å². The predicted molar refractivity (Wildman–Crippen MR) is 81.3 cm³/mol. The van der Waals surface area contributed by atoms with Crippen LogP contribution in [0.5, 0.6) is 0 Å². The molecule has 0 spiro atoms. The highest BCUT2D eigenvalue weighted by Crippen LogP contribution is 2.19. The zero-order chi connectivity index (χ0) is 17.8. The number of nitrogens with one attached hydrogen (secondary N) is 1. The molecule has 0 fully saturated rings. The molecule has 1 aromatic heterocycles. The Hall–Kier alpha value is -1.70. The Morgan fingerprint density at radius 2 is 1.87 bits per heavy atom. The molecule has 1 unspecified atom stereocenters. The van der Waals surface area contributed by atoms with E-state index in [-0.39, 0.29) is 12.3 Å². The molecule has 6 nitrogen and oxygen atoms in total. The van der Waals surface area contributed by atoms with Gasteiger partial charge in [0.2, 0.25) is 0 Å². The van der Waals surface area contributed by atoms with Crippen LogP contribution in [0.1, 0.15) is 59.8 Å². The molecule has 0 aromatic carbocycles. The highest BCUT2D eigenvalue weighted by Gasteiger charge is 2.24. The summed E-state index contributed by atoms with van der Waals surface area (Å²) in [5, 5.41) is 6.38. The van der Waals surface area contributed by atoms with Crippen molar-refractivity contribution in [3.05, 3.63) is 18.0 Å². The summed E-state index contributed by atoms with van der Waals surface area (Å²) < 4.78 is 36.7. The van der Waals surface area contributed by atoms with Crippen molar-refractivity contribution in [3.63, 3.8) is 0 Å². The van der Waals surface area contributed by atoms with E-state index in [1.165, 1.54) is 6.07 Å². The Labute approximate surface area is 135 Å². The van der Waals surface area contributed by atoms with Gasteiger partial charge in [-0.15, -0.1) is 0 Å². The van der Waals surface area contributed by atoms with Gasteiger partial charge in [0.15, 0.2) is 0 Å². The van der Waals surface area contributed by atoms with Crippen LogP contribution >= 0.6 is 0 Å². The molecule has 132 valence electrons. The number of alkyl halides is 2. The molecular formula is C15H25F2N3O3. The van der Waals surface area contributed by atoms with Crippen LogP contribution in [0.3, 0.4) is 0 Å². The number of carbonyl (C=O) groups excluding carboxylic acids is 1. The van der Waals surface area contributed by atoms with Gasteiger partial charge in [0.05, 0.1) is 23.9 Å². The second-order valence-electron chi connectivity index (χ2n) is 7.12. The van der Waals surface area contributed by atoms with Gasteiger partial charge in [-0.25, -0.2) is 9.48 Å². The summed E-state index contributed by atoms with van der Waals surface area (Å²) >= 11 is 0. The Balaban J connectivity index is 2.85. The van der Waals surface area contributed by atoms with E-state index < -0.39 is 29.9 Å². The molecule has 0 saturated carbocycles. The number of carbonyl (C=O) groups is 1. The van der Waals surface area contributed by atoms with Crippen LogP contribution in [0.2, 0.25) is 0 Å². The number of hydrogen-bond acceptors (Lipinski definition) is 4. The summed E-state index contributed by atoms with van der Waals surface area (Å²) in [6.45, 7) is 8.12. The highest BCUT2D eigenvalue weighted by atomic mass is 19.3. The normalized spacial score (nSPS) is 14.0. The van der Waals surface area contributed by atoms with E-state index in [1.807, 2.05) is 20.8 Å². The lowest BCUT2D eigenvalue weighted by atomic mass is 10.1. The molecule has 0 saturated heterocycles. The number of aromatic nitrogens is 2. The third-order valence-corrected chi connectivity index (χ3v) is 2.56. The number of hydrogen-bond donors (Lipinski definition) is 1. The molecule has 1 amide bonds. The van der Waals surface area contributed by atoms with Gasteiger partial charge in [-0.1, -0.05) is 0 Å². The molecule has 0 aliphatic carbocycles. The molecule has 0 bridgehead atoms. The first-order valence-corrected chi connectivity index (χ1v) is 7.34. The van der Waals surface area contributed by atoms with Crippen LogP contribution in [0.15, 0.2) is 12.3 Å². The summed E-state index contributed by atoms with van der Waals surface area (Å²) in [7, 11) is 0. The first kappa shape index (κ1) is 19.3. The average Bonchev–Trinajstić information content (AvgIpc) is 2.80. The summed E-state index contributed by atoms with van der Waals surface area (Å²) in [6, 6.07) is 0.726. The molecule has 1 N–H and O–H groups in total. The Kier molecular flexibility index (Phi) is 6.10. The van der Waals surface area contributed by atoms with Crippen molar-refractivity contribution < 1.29 is 23.0 Å². The lowest BCUT2D eigenvalue weighted by molar-refractivity contribution is -0.0184. The minimum Gasteiger partial charge on any atom is -0.444 e. The summed E-state index contributed by atoms with van der Waals surface area (Å²) in [5.74, 6) is 0. The monoisotopic (exact) mass is 333 g/mol. The Bertz CT molecular complexity index is 519. The molecule has 0 aliphatic heterocycles. The molecule has 8 heteroatoms. The maximum atomic E-state index is 12.7. The van der Waals surface area contributed by atoms with Gasteiger partial charge in [0.25, 0.3) is 0 Å². The SMILES string of the molecule is CC(C)(C)OCC(NC(=O)OC(C)(C)C)c1ccn(C(F)F)n1. The van der Waals surface area contributed by atoms with Gasteiger partial charge >= 0.3 is 12.6 Å². The van der Waals surface area contributed by atoms with Crippen molar-refractivity contribution in [2.24, 2.45) is 0 Å². The topological polar surface area (TPSA) is 65.4 Å². The van der Waals surface area contributed by atoms with Crippen LogP contribution < -0.4 is 5.32 Å². The van der Waals surface area contributed by atoms with E-state index in [1.54, 1.807) is 20.8 Å². The minimum atomic E-state index is -2.74. The Morgan fingerprint density at radius 1 is 1.26 bits per heavy atom. The number of amides is 1. The second kappa shape index (κ2) is 7.25. The highest BCUT2D eigenvalue weighted by molar-refractivity contribution is 5.68. The Morgan fingerprint density at radius 3 is 2.30 bits per heavy atom. The first-order chi connectivity index (χ1) is 10.4. The van der Waals surface area contributed by atoms with Crippen molar-refractivity contribution >= 4 is 6.09 Å². The van der Waals surface area contributed by atoms with Crippen molar-refractivity contribution in [2.45, 2.75) is 65.3 Å². The molecule has 1 heterocycles. The largest absolute Gasteiger partial charge is 0.444 e. The predicted octanol–water partition coefficient (Wildman–Crippen LogP) is 3.66. The van der Waals surface area contributed by atoms with E-state index in [0.29, 0.717) is 4.68 Å². The number of ether oxygens (including phenoxy) is 2. The van der Waals surface area contributed by atoms with Gasteiger partial charge in [0, 0.05) is 6.20 Å². The summed E-state index contributed by atoms with van der Waals surface area (Å²) in [4.78, 5) is 11.9. The second-order valence-corrected chi connectivity index (χ2v) is 7.12. The number of nitrogens with zero attached hydrogens (tertiary/aromatic N) is 2. The standard InChI is InChI=1S/C15H25F2N3O3/c1-14(2,3)22-9-11(18-13(21)23-15(4,5)6)10-7-8-20(19-10)12(16)17/h7-8,11-12H,9H2,1-6H3,(H,18,21). The van der Waals surface area contributed by atoms with Gasteiger partial charge in [-0.05, 0) is 47.6 Å². The minimum absolute atomic E-state index is 0.0863. The van der Waals surface area contributed by atoms with E-state index in [2.05, 4.69) is 10.4 Å².